The average Bonchev–Trinajstić information content (AvgIpc) is 2.19. The van der Waals surface area contributed by atoms with Crippen molar-refractivity contribution in [3.8, 4) is 0 Å². The van der Waals surface area contributed by atoms with Crippen LogP contribution in [0, 0.1) is 0 Å². The van der Waals surface area contributed by atoms with Gasteiger partial charge in [-0.2, -0.15) is 0 Å². The summed E-state index contributed by atoms with van der Waals surface area (Å²) >= 11 is 0. The van der Waals surface area contributed by atoms with E-state index in [4.69, 9.17) is 0 Å². The van der Waals surface area contributed by atoms with Crippen LogP contribution in [-0.2, 0) is 10.1 Å². The Hall–Kier alpha value is 0.870. The Morgan fingerprint density at radius 3 is 2.00 bits per heavy atom. The molecule has 0 rings (SSSR count). The van der Waals surface area contributed by atoms with Gasteiger partial charge in [-0.15, -0.1) is 0 Å². The van der Waals surface area contributed by atoms with E-state index in [2.05, 4.69) is 0 Å². The fourth-order valence-electron chi connectivity index (χ4n) is 1.67. The molecule has 4 nitrogen and oxygen atoms in total. The number of rotatable bonds is 9. The summed E-state index contributed by atoms with van der Waals surface area (Å²) in [5.74, 6) is 0. The summed E-state index contributed by atoms with van der Waals surface area (Å²) in [6, 6.07) is 0. The summed E-state index contributed by atoms with van der Waals surface area (Å²) < 4.78 is 32.9. The largest absolute Gasteiger partial charge is 1.00 e. The summed E-state index contributed by atoms with van der Waals surface area (Å²) in [5.41, 5.74) is 0. The van der Waals surface area contributed by atoms with Gasteiger partial charge in [0.05, 0.1) is 21.5 Å². The summed E-state index contributed by atoms with van der Waals surface area (Å²) in [6.45, 7) is 3.95. The van der Waals surface area contributed by atoms with Crippen LogP contribution in [0.5, 0.6) is 0 Å². The van der Waals surface area contributed by atoms with Crippen LogP contribution in [0.4, 0.5) is 0 Å². The Morgan fingerprint density at radius 2 is 1.59 bits per heavy atom. The Bertz CT molecular complexity index is 267. The van der Waals surface area contributed by atoms with E-state index in [9.17, 15) is 18.1 Å². The molecule has 98 valence electrons. The molecule has 2 unspecified atom stereocenters. The van der Waals surface area contributed by atoms with Crippen molar-refractivity contribution in [2.24, 2.45) is 0 Å². The van der Waals surface area contributed by atoms with Crippen molar-refractivity contribution in [2.45, 2.75) is 70.1 Å². The van der Waals surface area contributed by atoms with Crippen LogP contribution in [-0.4, -0.2) is 29.4 Å². The molecule has 17 heavy (non-hydrogen) atoms. The molecule has 6 heteroatoms. The van der Waals surface area contributed by atoms with Gasteiger partial charge in [0.15, 0.2) is 0 Å². The summed E-state index contributed by atoms with van der Waals surface area (Å²) in [6.07, 6.45) is 3.77. The Kier molecular flexibility index (Phi) is 12.8. The molecule has 0 aromatic rings. The van der Waals surface area contributed by atoms with E-state index in [0.29, 0.717) is 19.3 Å². The van der Waals surface area contributed by atoms with Crippen molar-refractivity contribution >= 4 is 10.1 Å². The molecule has 0 aromatic carbocycles. The molecule has 0 amide bonds. The molecule has 0 aliphatic heterocycles. The zero-order valence-electron chi connectivity index (χ0n) is 11.2. The van der Waals surface area contributed by atoms with E-state index in [1.807, 2.05) is 13.8 Å². The van der Waals surface area contributed by atoms with E-state index in [1.165, 1.54) is 0 Å². The van der Waals surface area contributed by atoms with Crippen LogP contribution in [0.1, 0.15) is 58.8 Å². The van der Waals surface area contributed by atoms with Gasteiger partial charge in [0.1, 0.15) is 0 Å². The molecule has 0 heterocycles. The Morgan fingerprint density at radius 1 is 1.12 bits per heavy atom. The smallest absolute Gasteiger partial charge is 0.748 e. The molecule has 0 saturated carbocycles. The van der Waals surface area contributed by atoms with Crippen molar-refractivity contribution in [1.82, 2.24) is 0 Å². The third-order valence-electron chi connectivity index (χ3n) is 2.71. The first-order valence-corrected chi connectivity index (χ1v) is 7.51. The van der Waals surface area contributed by atoms with Crippen LogP contribution in [0.25, 0.3) is 0 Å². The number of aliphatic hydroxyl groups excluding tert-OH is 1. The van der Waals surface area contributed by atoms with Gasteiger partial charge in [-0.25, -0.2) is 8.42 Å². The fourth-order valence-corrected chi connectivity index (χ4v) is 2.59. The second-order valence-electron chi connectivity index (χ2n) is 4.29. The van der Waals surface area contributed by atoms with Crippen molar-refractivity contribution in [1.29, 1.82) is 0 Å². The van der Waals surface area contributed by atoms with Gasteiger partial charge in [-0.3, -0.25) is 0 Å². The van der Waals surface area contributed by atoms with Gasteiger partial charge in [0.2, 0.25) is 0 Å². The monoisotopic (exact) mass is 274 g/mol. The van der Waals surface area contributed by atoms with Gasteiger partial charge in [-0.1, -0.05) is 39.5 Å². The van der Waals surface area contributed by atoms with E-state index in [-0.39, 0.29) is 36.0 Å². The third kappa shape index (κ3) is 10.5. The standard InChI is InChI=1S/C11H24O4S.Na/c1-3-5-7-10(12)9-11(8-6-4-2)16(13,14)15;/h10-12H,3-9H2,1-2H3,(H,13,14,15);/q;+1/p-1. The van der Waals surface area contributed by atoms with Crippen molar-refractivity contribution in [3.05, 3.63) is 0 Å². The zero-order chi connectivity index (χ0) is 12.6. The van der Waals surface area contributed by atoms with Crippen LogP contribution in [0.15, 0.2) is 0 Å². The zero-order valence-corrected chi connectivity index (χ0v) is 14.0. The molecule has 0 aliphatic rings. The minimum Gasteiger partial charge on any atom is -0.748 e. The van der Waals surface area contributed by atoms with Gasteiger partial charge < -0.3 is 9.66 Å². The maximum absolute atomic E-state index is 11.0. The maximum atomic E-state index is 11.0. The van der Waals surface area contributed by atoms with Gasteiger partial charge >= 0.3 is 29.6 Å². The van der Waals surface area contributed by atoms with Gasteiger partial charge in [-0.05, 0) is 19.3 Å². The molecule has 0 aliphatic carbocycles. The van der Waals surface area contributed by atoms with Crippen LogP contribution >= 0.6 is 0 Å². The van der Waals surface area contributed by atoms with Crippen molar-refractivity contribution < 1.29 is 47.6 Å². The molecular weight excluding hydrogens is 251 g/mol. The molecule has 0 aromatic heterocycles. The van der Waals surface area contributed by atoms with Crippen molar-refractivity contribution in [3.63, 3.8) is 0 Å². The maximum Gasteiger partial charge on any atom is 1.00 e. The molecule has 0 spiro atoms. The summed E-state index contributed by atoms with van der Waals surface area (Å²) in [5, 5.41) is 8.69. The second-order valence-corrected chi connectivity index (χ2v) is 5.94. The summed E-state index contributed by atoms with van der Waals surface area (Å²) in [7, 11) is -4.27. The first-order valence-electron chi connectivity index (χ1n) is 6.04. The summed E-state index contributed by atoms with van der Waals surface area (Å²) in [4.78, 5) is 0. The van der Waals surface area contributed by atoms with Crippen LogP contribution in [0.2, 0.25) is 0 Å². The average molecular weight is 274 g/mol. The second kappa shape index (κ2) is 10.8. The number of unbranched alkanes of at least 4 members (excludes halogenated alkanes) is 2. The quantitative estimate of drug-likeness (QED) is 0.434. The number of hydrogen-bond acceptors (Lipinski definition) is 4. The van der Waals surface area contributed by atoms with E-state index < -0.39 is 21.5 Å². The normalized spacial score (nSPS) is 15.1. The van der Waals surface area contributed by atoms with Crippen LogP contribution < -0.4 is 29.6 Å². The molecule has 0 bridgehead atoms. The molecular formula is C11H23NaO4S. The van der Waals surface area contributed by atoms with E-state index >= 15 is 0 Å². The SMILES string of the molecule is CCCCC(O)CC(CCCC)S(=O)(=O)[O-].[Na+]. The molecule has 0 fully saturated rings. The number of hydrogen-bond donors (Lipinski definition) is 1. The van der Waals surface area contributed by atoms with Crippen molar-refractivity contribution in [2.75, 3.05) is 0 Å². The molecule has 0 radical (unpaired) electrons. The minimum absolute atomic E-state index is 0. The first-order chi connectivity index (χ1) is 7.41. The predicted molar refractivity (Wildman–Crippen MR) is 63.2 cm³/mol. The molecule has 0 saturated heterocycles. The predicted octanol–water partition coefficient (Wildman–Crippen LogP) is -0.964. The van der Waals surface area contributed by atoms with Gasteiger partial charge in [0, 0.05) is 0 Å². The van der Waals surface area contributed by atoms with Crippen LogP contribution in [0.3, 0.4) is 0 Å². The fraction of sp³-hybridized carbons (Fsp3) is 1.00. The molecule has 2 atom stereocenters. The number of aliphatic hydroxyl groups is 1. The van der Waals surface area contributed by atoms with E-state index in [0.717, 1.165) is 19.3 Å². The minimum atomic E-state index is -4.27. The molecule has 1 N–H and O–H groups in total. The van der Waals surface area contributed by atoms with Gasteiger partial charge in [0.25, 0.3) is 0 Å². The topological polar surface area (TPSA) is 77.4 Å². The third-order valence-corrected chi connectivity index (χ3v) is 3.96. The first kappa shape index (κ1) is 20.2. The Labute approximate surface area is 127 Å². The Balaban J connectivity index is 0. The van der Waals surface area contributed by atoms with E-state index in [1.54, 1.807) is 0 Å².